The largest absolute Gasteiger partial charge is 0.475 e. The van der Waals surface area contributed by atoms with Gasteiger partial charge in [0.25, 0.3) is 5.88 Å². The van der Waals surface area contributed by atoms with Crippen molar-refractivity contribution in [3.63, 3.8) is 0 Å². The lowest BCUT2D eigenvalue weighted by atomic mass is 10.3. The van der Waals surface area contributed by atoms with Gasteiger partial charge in [-0.3, -0.25) is 0 Å². The second kappa shape index (κ2) is 5.49. The Kier molecular flexibility index (Phi) is 3.63. The van der Waals surface area contributed by atoms with Crippen molar-refractivity contribution in [3.05, 3.63) is 36.3 Å². The number of fused-ring (bicyclic) bond motifs is 3. The number of aromatic nitrogens is 5. The quantitative estimate of drug-likeness (QED) is 0.691. The van der Waals surface area contributed by atoms with Crippen LogP contribution in [0.15, 0.2) is 30.5 Å². The summed E-state index contributed by atoms with van der Waals surface area (Å²) >= 11 is 0. The van der Waals surface area contributed by atoms with Gasteiger partial charge < -0.3 is 4.74 Å². The summed E-state index contributed by atoms with van der Waals surface area (Å²) < 4.78 is 45.7. The predicted molar refractivity (Wildman–Crippen MR) is 76.0 cm³/mol. The Balaban J connectivity index is 2.20. The molecule has 0 amide bonds. The molecule has 6 nitrogen and oxygen atoms in total. The average molecular weight is 323 g/mol. The normalized spacial score (nSPS) is 12.0. The first kappa shape index (κ1) is 15.2. The van der Waals surface area contributed by atoms with Gasteiger partial charge in [0.1, 0.15) is 5.52 Å². The Bertz CT molecular complexity index is 887. The molecule has 0 saturated heterocycles. The van der Waals surface area contributed by atoms with Gasteiger partial charge in [-0.25, -0.2) is 14.4 Å². The average Bonchev–Trinajstić information content (AvgIpc) is 2.92. The molecule has 0 saturated carbocycles. The molecule has 3 aromatic rings. The van der Waals surface area contributed by atoms with Crippen LogP contribution in [0.4, 0.5) is 13.2 Å². The van der Waals surface area contributed by atoms with E-state index in [1.807, 2.05) is 6.92 Å². The van der Waals surface area contributed by atoms with E-state index in [1.165, 1.54) is 6.20 Å². The summed E-state index contributed by atoms with van der Waals surface area (Å²) in [4.78, 5) is 8.15. The van der Waals surface area contributed by atoms with E-state index in [0.29, 0.717) is 6.42 Å². The van der Waals surface area contributed by atoms with Gasteiger partial charge in [-0.1, -0.05) is 5.57 Å². The van der Waals surface area contributed by atoms with Gasteiger partial charge in [-0.05, 0) is 19.1 Å². The molecule has 0 unspecified atom stereocenters. The first-order valence-electron chi connectivity index (χ1n) is 6.72. The molecule has 9 heteroatoms. The van der Waals surface area contributed by atoms with Gasteiger partial charge in [-0.2, -0.15) is 13.2 Å². The van der Waals surface area contributed by atoms with Gasteiger partial charge in [0.2, 0.25) is 11.5 Å². The van der Waals surface area contributed by atoms with Crippen LogP contribution in [0.1, 0.15) is 19.2 Å². The Labute approximate surface area is 128 Å². The van der Waals surface area contributed by atoms with Gasteiger partial charge in [0.15, 0.2) is 5.65 Å². The van der Waals surface area contributed by atoms with Gasteiger partial charge in [-0.15, -0.1) is 16.8 Å². The number of hydrogen-bond donors (Lipinski definition) is 0. The van der Waals surface area contributed by atoms with E-state index in [-0.39, 0.29) is 29.3 Å². The van der Waals surface area contributed by atoms with Crippen LogP contribution in [0.25, 0.3) is 16.8 Å². The Morgan fingerprint density at radius 2 is 2.09 bits per heavy atom. The summed E-state index contributed by atoms with van der Waals surface area (Å²) in [5, 5.41) is 6.81. The molecule has 0 aliphatic rings. The van der Waals surface area contributed by atoms with Crippen LogP contribution in [0, 0.1) is 0 Å². The Hall–Kier alpha value is -2.71. The molecule has 0 atom stereocenters. The lowest BCUT2D eigenvalue weighted by molar-refractivity contribution is -0.145. The van der Waals surface area contributed by atoms with Crippen LogP contribution < -0.4 is 4.74 Å². The summed E-state index contributed by atoms with van der Waals surface area (Å²) in [5.74, 6) is -1.18. The van der Waals surface area contributed by atoms with Crippen molar-refractivity contribution in [1.29, 1.82) is 0 Å². The highest BCUT2D eigenvalue weighted by atomic mass is 19.4. The third-order valence-electron chi connectivity index (χ3n) is 3.08. The minimum absolute atomic E-state index is 0.0188. The number of ether oxygens (including phenoxy) is 1. The van der Waals surface area contributed by atoms with Gasteiger partial charge in [0, 0.05) is 12.6 Å². The zero-order valence-corrected chi connectivity index (χ0v) is 12.1. The van der Waals surface area contributed by atoms with E-state index >= 15 is 0 Å². The van der Waals surface area contributed by atoms with E-state index in [2.05, 4.69) is 26.7 Å². The minimum atomic E-state index is -4.67. The highest BCUT2D eigenvalue weighted by Crippen LogP contribution is 2.31. The number of hydrogen-bond acceptors (Lipinski definition) is 5. The number of rotatable bonds is 4. The van der Waals surface area contributed by atoms with E-state index in [9.17, 15) is 13.2 Å². The first-order valence-corrected chi connectivity index (χ1v) is 6.72. The van der Waals surface area contributed by atoms with Gasteiger partial charge in [0.05, 0.1) is 6.61 Å². The molecule has 0 bridgehead atoms. The zero-order valence-electron chi connectivity index (χ0n) is 12.1. The Morgan fingerprint density at radius 3 is 2.78 bits per heavy atom. The second-order valence-corrected chi connectivity index (χ2v) is 5.00. The summed E-state index contributed by atoms with van der Waals surface area (Å²) in [6, 6.07) is 3.13. The standard InChI is InChI=1S/C14H12F3N5O/c1-8(2)5-7-23-12-11-20-21-13(14(15,16)17)22(11)10-9(19-12)4-3-6-18-10/h3-4,6H,1,5,7H2,2H3. The van der Waals surface area contributed by atoms with Crippen molar-refractivity contribution in [3.8, 4) is 5.88 Å². The fourth-order valence-electron chi connectivity index (χ4n) is 2.03. The number of pyridine rings is 1. The van der Waals surface area contributed by atoms with E-state index < -0.39 is 12.0 Å². The van der Waals surface area contributed by atoms with Crippen LogP contribution in [-0.2, 0) is 6.18 Å². The summed E-state index contributed by atoms with van der Waals surface area (Å²) in [6.45, 7) is 5.81. The molecule has 23 heavy (non-hydrogen) atoms. The van der Waals surface area contributed by atoms with E-state index in [0.717, 1.165) is 9.97 Å². The van der Waals surface area contributed by atoms with Crippen LogP contribution in [0.3, 0.4) is 0 Å². The van der Waals surface area contributed by atoms with Crippen molar-refractivity contribution < 1.29 is 17.9 Å². The molecule has 0 aliphatic heterocycles. The van der Waals surface area contributed by atoms with Crippen LogP contribution in [0.2, 0.25) is 0 Å². The number of halogens is 3. The molecule has 0 fully saturated rings. The lowest BCUT2D eigenvalue weighted by Gasteiger charge is -2.10. The number of alkyl halides is 3. The molecule has 0 aliphatic carbocycles. The summed E-state index contributed by atoms with van der Waals surface area (Å²) in [6.07, 6.45) is -2.73. The fourth-order valence-corrected chi connectivity index (χ4v) is 2.03. The topological polar surface area (TPSA) is 65.2 Å². The SMILES string of the molecule is C=C(C)CCOc1nc2cccnc2n2c(C(F)(F)F)nnc12. The zero-order chi connectivity index (χ0) is 16.6. The molecule has 3 aromatic heterocycles. The summed E-state index contributed by atoms with van der Waals surface area (Å²) in [7, 11) is 0. The maximum absolute atomic E-state index is 13.1. The van der Waals surface area contributed by atoms with Crippen molar-refractivity contribution in [2.24, 2.45) is 0 Å². The highest BCUT2D eigenvalue weighted by molar-refractivity contribution is 5.76. The second-order valence-electron chi connectivity index (χ2n) is 5.00. The minimum Gasteiger partial charge on any atom is -0.475 e. The van der Waals surface area contributed by atoms with Crippen molar-refractivity contribution in [2.45, 2.75) is 19.5 Å². The maximum atomic E-state index is 13.1. The van der Waals surface area contributed by atoms with Gasteiger partial charge >= 0.3 is 6.18 Å². The predicted octanol–water partition coefficient (Wildman–Crippen LogP) is 3.04. The van der Waals surface area contributed by atoms with Crippen molar-refractivity contribution in [2.75, 3.05) is 6.61 Å². The third kappa shape index (κ3) is 2.81. The van der Waals surface area contributed by atoms with E-state index in [4.69, 9.17) is 4.74 Å². The highest BCUT2D eigenvalue weighted by Gasteiger charge is 2.38. The third-order valence-corrected chi connectivity index (χ3v) is 3.08. The Morgan fingerprint density at radius 1 is 1.30 bits per heavy atom. The molecule has 120 valence electrons. The van der Waals surface area contributed by atoms with E-state index in [1.54, 1.807) is 12.1 Å². The molecule has 3 heterocycles. The lowest BCUT2D eigenvalue weighted by Crippen LogP contribution is -2.12. The summed E-state index contributed by atoms with van der Waals surface area (Å²) in [5.41, 5.74) is 1.05. The molecular weight excluding hydrogens is 311 g/mol. The molecule has 0 aromatic carbocycles. The number of nitrogens with zero attached hydrogens (tertiary/aromatic N) is 5. The van der Waals surface area contributed by atoms with Crippen molar-refractivity contribution in [1.82, 2.24) is 24.6 Å². The van der Waals surface area contributed by atoms with Crippen LogP contribution in [-0.4, -0.2) is 31.2 Å². The molecule has 3 rings (SSSR count). The molecular formula is C14H12F3N5O. The molecule has 0 spiro atoms. The monoisotopic (exact) mass is 323 g/mol. The molecule has 0 N–H and O–H groups in total. The smallest absolute Gasteiger partial charge is 0.452 e. The van der Waals surface area contributed by atoms with Crippen LogP contribution >= 0.6 is 0 Å². The van der Waals surface area contributed by atoms with Crippen LogP contribution in [0.5, 0.6) is 5.88 Å². The maximum Gasteiger partial charge on any atom is 0.452 e. The van der Waals surface area contributed by atoms with Crippen molar-refractivity contribution >= 4 is 16.8 Å². The first-order chi connectivity index (χ1) is 10.9. The molecule has 0 radical (unpaired) electrons. The fraction of sp³-hybridized carbons (Fsp3) is 0.286.